The Morgan fingerprint density at radius 3 is 2.40 bits per heavy atom. The lowest BCUT2D eigenvalue weighted by atomic mass is 10.0. The number of rotatable bonds is 16. The molecule has 16 heteroatoms. The van der Waals surface area contributed by atoms with E-state index in [1.807, 2.05) is 6.92 Å². The van der Waals surface area contributed by atoms with E-state index < -0.39 is 56.9 Å². The van der Waals surface area contributed by atoms with E-state index in [2.05, 4.69) is 0 Å². The summed E-state index contributed by atoms with van der Waals surface area (Å²) >= 11 is 0.848. The number of nitrogens with zero attached hydrogens (tertiary/aromatic N) is 2. The van der Waals surface area contributed by atoms with Crippen LogP contribution < -0.4 is 16.0 Å². The topological polar surface area (TPSA) is 158 Å². The van der Waals surface area contributed by atoms with Crippen molar-refractivity contribution in [2.24, 2.45) is 0 Å². The zero-order valence-electron chi connectivity index (χ0n) is 27.7. The quantitative estimate of drug-likeness (QED) is 0.121. The molecular formula is C31H41FN2O11S2. The van der Waals surface area contributed by atoms with Crippen LogP contribution in [0.5, 0.6) is 5.75 Å². The minimum atomic E-state index is -3.85. The maximum absolute atomic E-state index is 14.6. The molecule has 260 valence electrons. The Hall–Kier alpha value is -3.60. The number of esters is 2. The fourth-order valence-corrected chi connectivity index (χ4v) is 6.76. The predicted octanol–water partition coefficient (Wildman–Crippen LogP) is 4.06. The Bertz CT molecular complexity index is 1840. The molecule has 0 aliphatic heterocycles. The fourth-order valence-electron chi connectivity index (χ4n) is 4.91. The van der Waals surface area contributed by atoms with Crippen LogP contribution in [0.3, 0.4) is 0 Å². The average Bonchev–Trinajstić information content (AvgIpc) is 3.33. The van der Waals surface area contributed by atoms with Crippen molar-refractivity contribution in [3.8, 4) is 5.75 Å². The van der Waals surface area contributed by atoms with Crippen LogP contribution in [0.15, 0.2) is 27.8 Å². The number of aromatic nitrogens is 2. The number of fused-ring (bicyclic) bond motifs is 1. The number of halogens is 1. The molecule has 0 radical (unpaired) electrons. The van der Waals surface area contributed by atoms with Crippen LogP contribution in [-0.4, -0.2) is 68.8 Å². The highest BCUT2D eigenvalue weighted by atomic mass is 32.2. The maximum atomic E-state index is 14.6. The van der Waals surface area contributed by atoms with Gasteiger partial charge in [-0.05, 0) is 64.8 Å². The molecule has 1 aromatic carbocycles. The number of aryl methyl sites for hydroxylation is 1. The van der Waals surface area contributed by atoms with Crippen molar-refractivity contribution in [1.29, 1.82) is 0 Å². The van der Waals surface area contributed by atoms with Crippen molar-refractivity contribution >= 4 is 43.6 Å². The van der Waals surface area contributed by atoms with E-state index in [9.17, 15) is 32.0 Å². The Balaban J connectivity index is 2.34. The lowest BCUT2D eigenvalue weighted by Crippen LogP contribution is -2.53. The monoisotopic (exact) mass is 700 g/mol. The smallest absolute Gasteiger partial charge is 0.348 e. The highest BCUT2D eigenvalue weighted by Gasteiger charge is 2.38. The Morgan fingerprint density at radius 1 is 1.13 bits per heavy atom. The first-order valence-corrected chi connectivity index (χ1v) is 17.6. The van der Waals surface area contributed by atoms with Crippen molar-refractivity contribution < 1.29 is 45.5 Å². The van der Waals surface area contributed by atoms with Gasteiger partial charge in [0.15, 0.2) is 0 Å². The Morgan fingerprint density at radius 2 is 1.81 bits per heavy atom. The van der Waals surface area contributed by atoms with Gasteiger partial charge in [0.2, 0.25) is 0 Å². The van der Waals surface area contributed by atoms with E-state index in [-0.39, 0.29) is 58.3 Å². The number of carbonyl (C=O) groups excluding carboxylic acids is 2. The summed E-state index contributed by atoms with van der Waals surface area (Å²) in [5, 5.41) is -0.00850. The van der Waals surface area contributed by atoms with Crippen molar-refractivity contribution in [1.82, 2.24) is 9.13 Å². The van der Waals surface area contributed by atoms with Crippen LogP contribution in [0.4, 0.5) is 4.39 Å². The SMILES string of the molecule is CCCCOC(=O)C(C)(C)n1c(=O)c2c(C)c(C(=O)OCC)sc2n(C[C@H](OCC(C)OS(C)(=O)=O)c2cc(F)ccc2OC)c1=O. The van der Waals surface area contributed by atoms with Crippen LogP contribution in [0.1, 0.15) is 74.4 Å². The Labute approximate surface area is 276 Å². The summed E-state index contributed by atoms with van der Waals surface area (Å²) in [4.78, 5) is 54.8. The first-order chi connectivity index (χ1) is 22.0. The number of benzene rings is 1. The molecule has 3 rings (SSSR count). The summed E-state index contributed by atoms with van der Waals surface area (Å²) in [5.74, 6) is -1.98. The van der Waals surface area contributed by atoms with Crippen molar-refractivity contribution in [2.45, 2.75) is 78.7 Å². The molecule has 0 bridgehead atoms. The zero-order valence-corrected chi connectivity index (χ0v) is 29.3. The Kier molecular flexibility index (Phi) is 12.5. The molecule has 3 aromatic rings. The third-order valence-electron chi connectivity index (χ3n) is 7.22. The van der Waals surface area contributed by atoms with Gasteiger partial charge < -0.3 is 18.9 Å². The number of unbranched alkanes of at least 4 members (excludes halogenated alkanes) is 1. The molecule has 0 amide bonds. The molecule has 0 fully saturated rings. The predicted molar refractivity (Wildman–Crippen MR) is 173 cm³/mol. The molecule has 13 nitrogen and oxygen atoms in total. The summed E-state index contributed by atoms with van der Waals surface area (Å²) in [6, 6.07) is 3.67. The number of ether oxygens (including phenoxy) is 4. The van der Waals surface area contributed by atoms with Crippen LogP contribution in [0, 0.1) is 12.7 Å². The van der Waals surface area contributed by atoms with Gasteiger partial charge in [-0.15, -0.1) is 11.3 Å². The van der Waals surface area contributed by atoms with Crippen molar-refractivity contribution in [3.63, 3.8) is 0 Å². The molecule has 2 heterocycles. The second-order valence-electron chi connectivity index (χ2n) is 11.4. The third-order valence-corrected chi connectivity index (χ3v) is 9.19. The lowest BCUT2D eigenvalue weighted by molar-refractivity contribution is -0.153. The summed E-state index contributed by atoms with van der Waals surface area (Å²) in [6.45, 7) is 8.71. The molecular weight excluding hydrogens is 659 g/mol. The molecule has 2 atom stereocenters. The average molecular weight is 701 g/mol. The molecule has 0 spiro atoms. The highest BCUT2D eigenvalue weighted by molar-refractivity contribution is 7.86. The molecule has 0 saturated carbocycles. The molecule has 0 saturated heterocycles. The minimum absolute atomic E-state index is 0.00850. The van der Waals surface area contributed by atoms with Crippen LogP contribution >= 0.6 is 11.3 Å². The van der Waals surface area contributed by atoms with E-state index in [0.29, 0.717) is 6.42 Å². The van der Waals surface area contributed by atoms with Gasteiger partial charge in [0.25, 0.3) is 15.7 Å². The normalized spacial score (nSPS) is 13.4. The molecule has 47 heavy (non-hydrogen) atoms. The van der Waals surface area contributed by atoms with Crippen molar-refractivity contribution in [2.75, 3.05) is 33.2 Å². The van der Waals surface area contributed by atoms with E-state index in [1.165, 1.54) is 46.9 Å². The van der Waals surface area contributed by atoms with E-state index >= 15 is 0 Å². The first-order valence-electron chi connectivity index (χ1n) is 14.9. The van der Waals surface area contributed by atoms with Gasteiger partial charge in [0, 0.05) is 5.56 Å². The van der Waals surface area contributed by atoms with Gasteiger partial charge >= 0.3 is 17.6 Å². The van der Waals surface area contributed by atoms with Crippen molar-refractivity contribution in [3.05, 3.63) is 60.9 Å². The van der Waals surface area contributed by atoms with Gasteiger partial charge in [-0.3, -0.25) is 13.5 Å². The maximum Gasteiger partial charge on any atom is 0.348 e. The molecule has 0 aliphatic carbocycles. The summed E-state index contributed by atoms with van der Waals surface area (Å²) in [6.07, 6.45) is 0.0317. The van der Waals surface area contributed by atoms with Gasteiger partial charge in [-0.25, -0.2) is 23.3 Å². The second kappa shape index (κ2) is 15.5. The molecule has 2 aromatic heterocycles. The lowest BCUT2D eigenvalue weighted by Gasteiger charge is -2.27. The van der Waals surface area contributed by atoms with Crippen LogP contribution in [0.2, 0.25) is 0 Å². The number of thiophene rings is 1. The summed E-state index contributed by atoms with van der Waals surface area (Å²) < 4.78 is 67.1. The summed E-state index contributed by atoms with van der Waals surface area (Å²) in [5.41, 5.74) is -3.14. The fraction of sp³-hybridized carbons (Fsp3) is 0.548. The third kappa shape index (κ3) is 8.66. The van der Waals surface area contributed by atoms with Gasteiger partial charge in [0.05, 0.1) is 51.2 Å². The zero-order chi connectivity index (χ0) is 35.3. The van der Waals surface area contributed by atoms with Crippen LogP contribution in [-0.2, 0) is 45.4 Å². The second-order valence-corrected chi connectivity index (χ2v) is 14.0. The number of methoxy groups -OCH3 is 1. The standard InChI is InChI=1S/C31H41FN2O11S2/c1-9-11-14-43-29(37)31(5,6)34-26(35)24-19(4)25(28(36)42-10-2)46-27(24)33(30(34)38)16-23(44-17-18(3)45-47(8,39)40)21-15-20(32)12-13-22(21)41-7/h12-13,15,18,23H,9-11,14,16-17H2,1-8H3/t18?,23-/m0/s1. The van der Waals surface area contributed by atoms with E-state index in [4.69, 9.17) is 23.1 Å². The molecule has 0 N–H and O–H groups in total. The molecule has 1 unspecified atom stereocenters. The highest BCUT2D eigenvalue weighted by Crippen LogP contribution is 2.34. The number of hydrogen-bond donors (Lipinski definition) is 0. The van der Waals surface area contributed by atoms with Crippen LogP contribution in [0.25, 0.3) is 10.2 Å². The van der Waals surface area contributed by atoms with Gasteiger partial charge in [-0.2, -0.15) is 8.42 Å². The largest absolute Gasteiger partial charge is 0.496 e. The minimum Gasteiger partial charge on any atom is -0.496 e. The van der Waals surface area contributed by atoms with Gasteiger partial charge in [0.1, 0.15) is 32.9 Å². The van der Waals surface area contributed by atoms with E-state index in [0.717, 1.165) is 39.2 Å². The number of carbonyl (C=O) groups is 2. The van der Waals surface area contributed by atoms with Gasteiger partial charge in [-0.1, -0.05) is 13.3 Å². The molecule has 0 aliphatic rings. The number of hydrogen-bond acceptors (Lipinski definition) is 12. The first kappa shape index (κ1) is 37.9. The summed E-state index contributed by atoms with van der Waals surface area (Å²) in [7, 11) is -2.50. The van der Waals surface area contributed by atoms with E-state index in [1.54, 1.807) is 6.92 Å².